The fraction of sp³-hybridized carbons (Fsp3) is 0.367. The van der Waals surface area contributed by atoms with Gasteiger partial charge in [-0.2, -0.15) is 31.4 Å². The van der Waals surface area contributed by atoms with E-state index in [1.165, 1.54) is 41.5 Å². The molecule has 4 nitrogen and oxygen atoms in total. The van der Waals surface area contributed by atoms with Crippen molar-refractivity contribution in [3.05, 3.63) is 93.6 Å². The summed E-state index contributed by atoms with van der Waals surface area (Å²) in [5.41, 5.74) is -0.521. The fourth-order valence-corrected chi connectivity index (χ4v) is 5.16. The molecule has 0 saturated carbocycles. The summed E-state index contributed by atoms with van der Waals surface area (Å²) >= 11 is 0. The molecule has 2 aromatic carbocycles. The molecule has 0 spiro atoms. The molecule has 0 unspecified atom stereocenters. The largest absolute Gasteiger partial charge is 0.416 e. The number of hydrogen-bond donors (Lipinski definition) is 1. The number of ketones is 1. The van der Waals surface area contributed by atoms with Gasteiger partial charge in [-0.15, -0.1) is 0 Å². The van der Waals surface area contributed by atoms with E-state index in [1.807, 2.05) is 38.7 Å². The van der Waals surface area contributed by atoms with Crippen molar-refractivity contribution in [2.75, 3.05) is 19.6 Å². The van der Waals surface area contributed by atoms with E-state index >= 15 is 0 Å². The van der Waals surface area contributed by atoms with E-state index in [0.29, 0.717) is 28.8 Å². The highest BCUT2D eigenvalue weighted by molar-refractivity contribution is 6.14. The molecule has 40 heavy (non-hydrogen) atoms. The van der Waals surface area contributed by atoms with Gasteiger partial charge in [-0.1, -0.05) is 30.3 Å². The highest BCUT2D eigenvalue weighted by atomic mass is 19.4. The monoisotopic (exact) mass is 564 g/mol. The molecule has 214 valence electrons. The molecule has 4 rings (SSSR count). The second-order valence-corrected chi connectivity index (χ2v) is 11.2. The summed E-state index contributed by atoms with van der Waals surface area (Å²) in [5, 5.41) is 12.0. The molecular formula is C30H30F6N2O2. The van der Waals surface area contributed by atoms with Crippen LogP contribution in [0.3, 0.4) is 0 Å². The molecule has 0 radical (unpaired) electrons. The van der Waals surface area contributed by atoms with Crippen LogP contribution < -0.4 is 0 Å². The Balaban J connectivity index is 1.69. The molecule has 0 amide bonds. The van der Waals surface area contributed by atoms with Crippen LogP contribution in [0.4, 0.5) is 26.3 Å². The van der Waals surface area contributed by atoms with Crippen molar-refractivity contribution >= 4 is 17.9 Å². The first-order valence-corrected chi connectivity index (χ1v) is 12.6. The van der Waals surface area contributed by atoms with Crippen molar-refractivity contribution in [3.8, 4) is 0 Å². The smallest absolute Gasteiger partial charge is 0.312 e. The zero-order valence-electron chi connectivity index (χ0n) is 22.5. The Morgan fingerprint density at radius 3 is 1.50 bits per heavy atom. The van der Waals surface area contributed by atoms with Crippen LogP contribution in [0.2, 0.25) is 0 Å². The van der Waals surface area contributed by atoms with Crippen LogP contribution in [-0.4, -0.2) is 51.7 Å². The van der Waals surface area contributed by atoms with Crippen molar-refractivity contribution in [1.29, 1.82) is 0 Å². The van der Waals surface area contributed by atoms with Gasteiger partial charge < -0.3 is 5.21 Å². The first kappa shape index (κ1) is 29.8. The second kappa shape index (κ2) is 10.3. The average molecular weight is 565 g/mol. The number of carbonyl (C=O) groups excluding carboxylic acids is 1. The summed E-state index contributed by atoms with van der Waals surface area (Å²) in [5.74, 6) is -0.333. The zero-order chi connectivity index (χ0) is 29.7. The maximum absolute atomic E-state index is 13.5. The van der Waals surface area contributed by atoms with E-state index in [-0.39, 0.29) is 18.9 Å². The van der Waals surface area contributed by atoms with Crippen LogP contribution in [-0.2, 0) is 17.1 Å². The summed E-state index contributed by atoms with van der Waals surface area (Å²) in [4.78, 5) is 15.4. The number of carbonyl (C=O) groups is 1. The maximum atomic E-state index is 13.5. The minimum Gasteiger partial charge on any atom is -0.312 e. The Labute approximate surface area is 228 Å². The van der Waals surface area contributed by atoms with Crippen molar-refractivity contribution in [3.63, 3.8) is 0 Å². The van der Waals surface area contributed by atoms with Crippen LogP contribution in [0.25, 0.3) is 12.2 Å². The molecule has 0 bridgehead atoms. The van der Waals surface area contributed by atoms with E-state index in [0.717, 1.165) is 29.8 Å². The minimum atomic E-state index is -4.49. The number of nitrogens with zero attached hydrogens (tertiary/aromatic N) is 2. The Kier molecular flexibility index (Phi) is 7.68. The number of Topliss-reactive ketones (excluding diaryl/α,β-unsaturated/α-hetero) is 1. The van der Waals surface area contributed by atoms with Gasteiger partial charge in [-0.25, -0.2) is 0 Å². The number of halogens is 6. The van der Waals surface area contributed by atoms with Crippen LogP contribution in [0.15, 0.2) is 71.3 Å². The van der Waals surface area contributed by atoms with Crippen molar-refractivity contribution in [2.45, 2.75) is 51.1 Å². The lowest BCUT2D eigenvalue weighted by molar-refractivity contribution is -0.185. The topological polar surface area (TPSA) is 43.8 Å². The minimum absolute atomic E-state index is 0.198. The van der Waals surface area contributed by atoms with Crippen molar-refractivity contribution in [1.82, 2.24) is 9.96 Å². The molecule has 2 aliphatic rings. The van der Waals surface area contributed by atoms with Gasteiger partial charge in [0.1, 0.15) is 0 Å². The summed E-state index contributed by atoms with van der Waals surface area (Å²) in [6.07, 6.45) is -3.95. The molecule has 10 heteroatoms. The maximum Gasteiger partial charge on any atom is 0.416 e. The Morgan fingerprint density at radius 2 is 1.18 bits per heavy atom. The van der Waals surface area contributed by atoms with Gasteiger partial charge in [0.15, 0.2) is 5.78 Å². The normalized spacial score (nSPS) is 22.3. The van der Waals surface area contributed by atoms with Gasteiger partial charge in [-0.3, -0.25) is 9.69 Å². The van der Waals surface area contributed by atoms with Crippen LogP contribution in [0.5, 0.6) is 0 Å². The van der Waals surface area contributed by atoms with E-state index in [2.05, 4.69) is 0 Å². The Morgan fingerprint density at radius 1 is 0.775 bits per heavy atom. The Hall–Kier alpha value is -3.21. The quantitative estimate of drug-likeness (QED) is 0.241. The first-order chi connectivity index (χ1) is 18.4. The third-order valence-electron chi connectivity index (χ3n) is 7.31. The number of likely N-dealkylation sites (tertiary alicyclic amines) is 1. The molecule has 1 saturated heterocycles. The second-order valence-electron chi connectivity index (χ2n) is 11.2. The summed E-state index contributed by atoms with van der Waals surface area (Å²) < 4.78 is 78.0. The first-order valence-electron chi connectivity index (χ1n) is 12.6. The lowest BCUT2D eigenvalue weighted by Gasteiger charge is -2.38. The highest BCUT2D eigenvalue weighted by Crippen LogP contribution is 2.39. The lowest BCUT2D eigenvalue weighted by Crippen LogP contribution is -2.49. The highest BCUT2D eigenvalue weighted by Gasteiger charge is 2.45. The van der Waals surface area contributed by atoms with Crippen molar-refractivity contribution in [2.24, 2.45) is 0 Å². The van der Waals surface area contributed by atoms with E-state index < -0.39 is 34.6 Å². The van der Waals surface area contributed by atoms with Crippen LogP contribution in [0, 0.1) is 0 Å². The fourth-order valence-electron chi connectivity index (χ4n) is 5.16. The molecular weight excluding hydrogens is 534 g/mol. The van der Waals surface area contributed by atoms with Gasteiger partial charge in [0.05, 0.1) is 22.2 Å². The summed E-state index contributed by atoms with van der Waals surface area (Å²) in [6, 6.07) is 8.93. The molecule has 2 heterocycles. The van der Waals surface area contributed by atoms with Gasteiger partial charge >= 0.3 is 12.4 Å². The lowest BCUT2D eigenvalue weighted by atomic mass is 9.91. The van der Waals surface area contributed by atoms with Gasteiger partial charge in [0.25, 0.3) is 0 Å². The standard InChI is InChI=1S/C30H30F6N2O2/c1-27(2)15-25(28(3,4)38(27)40)18-37-16-21(13-19-5-9-23(10-6-19)29(31,32)33)26(39)22(17-37)14-20-7-11-24(12-8-20)30(34,35)36/h5-15,40H,16-18H2,1-4H3/b21-13+,22-14+. The number of alkyl halides is 6. The van der Waals surface area contributed by atoms with Gasteiger partial charge in [0, 0.05) is 30.8 Å². The third kappa shape index (κ3) is 6.24. The zero-order valence-corrected chi connectivity index (χ0v) is 22.5. The molecule has 2 aliphatic heterocycles. The molecule has 0 aromatic heterocycles. The number of hydrogen-bond acceptors (Lipinski definition) is 4. The number of rotatable bonds is 4. The predicted octanol–water partition coefficient (Wildman–Crippen LogP) is 7.26. The van der Waals surface area contributed by atoms with Gasteiger partial charge in [0.2, 0.25) is 0 Å². The number of piperidine rings is 1. The predicted molar refractivity (Wildman–Crippen MR) is 140 cm³/mol. The molecule has 1 fully saturated rings. The number of hydroxylamine groups is 2. The van der Waals surface area contributed by atoms with Gasteiger partial charge in [-0.05, 0) is 80.8 Å². The molecule has 0 aliphatic carbocycles. The molecule has 2 aromatic rings. The third-order valence-corrected chi connectivity index (χ3v) is 7.31. The SMILES string of the molecule is CC1(C)C=C(CN2C/C(=C\c3ccc(C(F)(F)F)cc3)C(=O)/C(=C/c3ccc(C(F)(F)F)cc3)C2)C(C)(C)N1O. The van der Waals surface area contributed by atoms with E-state index in [9.17, 15) is 36.3 Å². The Bertz CT molecular complexity index is 1290. The molecule has 1 N–H and O–H groups in total. The van der Waals surface area contributed by atoms with Crippen LogP contribution in [0.1, 0.15) is 49.9 Å². The summed E-state index contributed by atoms with van der Waals surface area (Å²) in [7, 11) is 0. The average Bonchev–Trinajstić information content (AvgIpc) is 3.00. The van der Waals surface area contributed by atoms with Crippen molar-refractivity contribution < 1.29 is 36.3 Å². The van der Waals surface area contributed by atoms with Crippen LogP contribution >= 0.6 is 0 Å². The summed E-state index contributed by atoms with van der Waals surface area (Å²) in [6.45, 7) is 8.27. The van der Waals surface area contributed by atoms with E-state index in [4.69, 9.17) is 0 Å². The molecule has 0 atom stereocenters. The number of benzene rings is 2. The van der Waals surface area contributed by atoms with E-state index in [1.54, 1.807) is 0 Å².